The minimum Gasteiger partial charge on any atom is -0.339 e. The number of nitrogens with one attached hydrogen (secondary N) is 2. The molecule has 2 aliphatic heterocycles. The number of piperidine rings is 1. The minimum atomic E-state index is -0.577. The molecule has 1 aromatic carbocycles. The lowest BCUT2D eigenvalue weighted by Crippen LogP contribution is -2.44. The molecule has 0 bridgehead atoms. The number of halogens is 2. The van der Waals surface area contributed by atoms with Crippen molar-refractivity contribution in [3.8, 4) is 0 Å². The molecule has 1 aromatic rings. The van der Waals surface area contributed by atoms with E-state index in [1.165, 1.54) is 6.07 Å². The average Bonchev–Trinajstić information content (AvgIpc) is 2.53. The van der Waals surface area contributed by atoms with Crippen molar-refractivity contribution in [2.75, 3.05) is 25.5 Å². The Bertz CT molecular complexity index is 618. The van der Waals surface area contributed by atoms with Crippen molar-refractivity contribution in [1.29, 1.82) is 0 Å². The zero-order valence-electron chi connectivity index (χ0n) is 13.0. The second-order valence-electron chi connectivity index (χ2n) is 5.93. The maximum absolute atomic E-state index is 14.3. The van der Waals surface area contributed by atoms with Gasteiger partial charge in [-0.15, -0.1) is 12.4 Å². The largest absolute Gasteiger partial charge is 0.339 e. The number of aryl methyl sites for hydroxylation is 1. The fourth-order valence-electron chi connectivity index (χ4n) is 3.12. The summed E-state index contributed by atoms with van der Waals surface area (Å²) < 4.78 is 14.3. The minimum absolute atomic E-state index is 0. The first kappa shape index (κ1) is 17.7. The number of amides is 2. The van der Waals surface area contributed by atoms with Gasteiger partial charge in [-0.2, -0.15) is 0 Å². The van der Waals surface area contributed by atoms with Gasteiger partial charge in [0, 0.05) is 25.2 Å². The summed E-state index contributed by atoms with van der Waals surface area (Å²) in [6, 6.07) is 2.99. The van der Waals surface area contributed by atoms with Crippen LogP contribution in [0.15, 0.2) is 12.1 Å². The molecular weight excluding hydrogens is 321 g/mol. The predicted molar refractivity (Wildman–Crippen MR) is 88.6 cm³/mol. The molecule has 2 heterocycles. The molecule has 0 saturated carbocycles. The third-order valence-electron chi connectivity index (χ3n) is 4.50. The van der Waals surface area contributed by atoms with E-state index in [9.17, 15) is 14.0 Å². The first-order chi connectivity index (χ1) is 10.6. The number of benzene rings is 1. The molecule has 0 aliphatic carbocycles. The summed E-state index contributed by atoms with van der Waals surface area (Å²) in [5, 5.41) is 5.90. The van der Waals surface area contributed by atoms with Crippen molar-refractivity contribution < 1.29 is 14.0 Å². The van der Waals surface area contributed by atoms with Crippen LogP contribution in [0.1, 0.15) is 35.2 Å². The lowest BCUT2D eigenvalue weighted by molar-refractivity contribution is -0.116. The van der Waals surface area contributed by atoms with E-state index in [-0.39, 0.29) is 35.8 Å². The second-order valence-corrected chi connectivity index (χ2v) is 5.93. The van der Waals surface area contributed by atoms with Crippen molar-refractivity contribution in [2.24, 2.45) is 0 Å². The number of hydrogen-bond acceptors (Lipinski definition) is 3. The molecule has 0 aromatic heterocycles. The lowest BCUT2D eigenvalue weighted by Gasteiger charge is -2.32. The molecule has 0 atom stereocenters. The van der Waals surface area contributed by atoms with Crippen LogP contribution in [-0.2, 0) is 11.2 Å². The monoisotopic (exact) mass is 341 g/mol. The molecule has 0 spiro atoms. The van der Waals surface area contributed by atoms with E-state index in [4.69, 9.17) is 0 Å². The van der Waals surface area contributed by atoms with Crippen LogP contribution < -0.4 is 10.6 Å². The smallest absolute Gasteiger partial charge is 0.256 e. The van der Waals surface area contributed by atoms with E-state index in [2.05, 4.69) is 10.6 Å². The number of rotatable bonds is 2. The normalized spacial score (nSPS) is 17.7. The summed E-state index contributed by atoms with van der Waals surface area (Å²) in [6.07, 6.45) is 2.67. The maximum atomic E-state index is 14.3. The van der Waals surface area contributed by atoms with E-state index in [1.54, 1.807) is 18.0 Å². The van der Waals surface area contributed by atoms with Gasteiger partial charge in [-0.25, -0.2) is 4.39 Å². The van der Waals surface area contributed by atoms with E-state index in [0.29, 0.717) is 18.5 Å². The number of hydrogen-bond donors (Lipinski definition) is 2. The molecular formula is C16H21ClFN3O2. The summed E-state index contributed by atoms with van der Waals surface area (Å²) in [5.74, 6) is -0.978. The topological polar surface area (TPSA) is 61.4 Å². The molecule has 7 heteroatoms. The molecule has 5 nitrogen and oxygen atoms in total. The first-order valence-corrected chi connectivity index (χ1v) is 7.66. The zero-order chi connectivity index (χ0) is 15.7. The van der Waals surface area contributed by atoms with Gasteiger partial charge in [0.2, 0.25) is 5.91 Å². The highest BCUT2D eigenvalue weighted by Crippen LogP contribution is 2.27. The van der Waals surface area contributed by atoms with Crippen molar-refractivity contribution in [3.63, 3.8) is 0 Å². The number of nitrogens with zero attached hydrogens (tertiary/aromatic N) is 1. The molecule has 126 valence electrons. The molecule has 1 fully saturated rings. The van der Waals surface area contributed by atoms with Crippen molar-refractivity contribution >= 4 is 29.9 Å². The summed E-state index contributed by atoms with van der Waals surface area (Å²) in [6.45, 7) is 1.75. The van der Waals surface area contributed by atoms with Crippen LogP contribution in [0.25, 0.3) is 0 Å². The van der Waals surface area contributed by atoms with Gasteiger partial charge in [0.25, 0.3) is 5.91 Å². The predicted octanol–water partition coefficient (Wildman–Crippen LogP) is 1.96. The molecule has 1 saturated heterocycles. The Morgan fingerprint density at radius 1 is 1.26 bits per heavy atom. The number of carbonyl (C=O) groups is 2. The quantitative estimate of drug-likeness (QED) is 0.864. The van der Waals surface area contributed by atoms with E-state index >= 15 is 0 Å². The highest BCUT2D eigenvalue weighted by Gasteiger charge is 2.26. The fourth-order valence-corrected chi connectivity index (χ4v) is 3.12. The molecule has 2 N–H and O–H groups in total. The van der Waals surface area contributed by atoms with E-state index in [1.807, 2.05) is 0 Å². The van der Waals surface area contributed by atoms with E-state index < -0.39 is 5.82 Å². The van der Waals surface area contributed by atoms with Crippen LogP contribution in [0.3, 0.4) is 0 Å². The SMILES string of the molecule is CN(C(=O)c1cc2c(cc1F)NC(=O)CC2)C1CCNCC1.Cl. The summed E-state index contributed by atoms with van der Waals surface area (Å²) in [7, 11) is 1.74. The Morgan fingerprint density at radius 2 is 1.96 bits per heavy atom. The second kappa shape index (κ2) is 7.27. The van der Waals surface area contributed by atoms with E-state index in [0.717, 1.165) is 31.5 Å². The van der Waals surface area contributed by atoms with Crippen LogP contribution in [0.2, 0.25) is 0 Å². The Kier molecular flexibility index (Phi) is 5.59. The molecule has 0 radical (unpaired) electrons. The Labute approximate surface area is 141 Å². The van der Waals surface area contributed by atoms with Gasteiger partial charge >= 0.3 is 0 Å². The molecule has 3 rings (SSSR count). The van der Waals surface area contributed by atoms with Crippen molar-refractivity contribution in [1.82, 2.24) is 10.2 Å². The standard InChI is InChI=1S/C16H20FN3O2.ClH/c1-20(11-4-6-18-7-5-11)16(22)12-8-10-2-3-15(21)19-14(10)9-13(12)17;/h8-9,11,18H,2-7H2,1H3,(H,19,21);1H. The highest BCUT2D eigenvalue weighted by molar-refractivity contribution is 5.98. The van der Waals surface area contributed by atoms with Gasteiger partial charge in [-0.3, -0.25) is 9.59 Å². The Morgan fingerprint density at radius 3 is 2.65 bits per heavy atom. The van der Waals surface area contributed by atoms with Gasteiger partial charge in [-0.05, 0) is 50.0 Å². The van der Waals surface area contributed by atoms with Crippen LogP contribution >= 0.6 is 12.4 Å². The van der Waals surface area contributed by atoms with Gasteiger partial charge in [-0.1, -0.05) is 0 Å². The third-order valence-corrected chi connectivity index (χ3v) is 4.50. The summed E-state index contributed by atoms with van der Waals surface area (Å²) >= 11 is 0. The van der Waals surface area contributed by atoms with Crippen LogP contribution in [0.4, 0.5) is 10.1 Å². The molecule has 0 unspecified atom stereocenters. The number of fused-ring (bicyclic) bond motifs is 1. The zero-order valence-corrected chi connectivity index (χ0v) is 13.8. The number of carbonyl (C=O) groups excluding carboxylic acids is 2. The Balaban J connectivity index is 0.00000192. The molecule has 2 aliphatic rings. The molecule has 2 amide bonds. The van der Waals surface area contributed by atoms with Gasteiger partial charge in [0.15, 0.2) is 0 Å². The van der Waals surface area contributed by atoms with Crippen molar-refractivity contribution in [2.45, 2.75) is 31.7 Å². The van der Waals surface area contributed by atoms with Crippen LogP contribution in [0.5, 0.6) is 0 Å². The van der Waals surface area contributed by atoms with Gasteiger partial charge in [0.05, 0.1) is 5.56 Å². The first-order valence-electron chi connectivity index (χ1n) is 7.66. The number of anilines is 1. The van der Waals surface area contributed by atoms with Crippen LogP contribution in [-0.4, -0.2) is 42.9 Å². The highest BCUT2D eigenvalue weighted by atomic mass is 35.5. The lowest BCUT2D eigenvalue weighted by atomic mass is 9.98. The third kappa shape index (κ3) is 3.64. The molecule has 23 heavy (non-hydrogen) atoms. The fraction of sp³-hybridized carbons (Fsp3) is 0.500. The maximum Gasteiger partial charge on any atom is 0.256 e. The van der Waals surface area contributed by atoms with Gasteiger partial charge < -0.3 is 15.5 Å². The van der Waals surface area contributed by atoms with Crippen LogP contribution in [0, 0.1) is 5.82 Å². The Hall–Kier alpha value is -1.66. The summed E-state index contributed by atoms with van der Waals surface area (Å²) in [5.41, 5.74) is 1.40. The van der Waals surface area contributed by atoms with Gasteiger partial charge in [0.1, 0.15) is 5.82 Å². The summed E-state index contributed by atoms with van der Waals surface area (Å²) in [4.78, 5) is 25.6. The average molecular weight is 342 g/mol. The van der Waals surface area contributed by atoms with Crippen molar-refractivity contribution in [3.05, 3.63) is 29.1 Å².